The highest BCUT2D eigenvalue weighted by Crippen LogP contribution is 2.54. The van der Waals surface area contributed by atoms with Crippen molar-refractivity contribution in [2.24, 2.45) is 5.14 Å². The second-order valence-electron chi connectivity index (χ2n) is 6.18. The van der Waals surface area contributed by atoms with E-state index in [9.17, 15) is 8.42 Å². The largest absolute Gasteiger partial charge is 0.244 e. The minimum atomic E-state index is -3.64. The number of pyridine rings is 1. The van der Waals surface area contributed by atoms with Crippen molar-refractivity contribution in [2.75, 3.05) is 0 Å². The molecule has 122 valence electrons. The summed E-state index contributed by atoms with van der Waals surface area (Å²) in [6.07, 6.45) is 2.85. The molecule has 0 spiro atoms. The van der Waals surface area contributed by atoms with Crippen LogP contribution in [0.4, 0.5) is 0 Å². The van der Waals surface area contributed by atoms with Gasteiger partial charge in [-0.3, -0.25) is 0 Å². The van der Waals surface area contributed by atoms with Gasteiger partial charge in [0.1, 0.15) is 5.15 Å². The number of nitrogens with two attached hydrogens (primary N) is 1. The molecule has 2 N–H and O–H groups in total. The molecule has 2 aromatic carbocycles. The van der Waals surface area contributed by atoms with E-state index in [1.54, 1.807) is 18.3 Å². The van der Waals surface area contributed by atoms with E-state index in [2.05, 4.69) is 23.2 Å². The Kier molecular flexibility index (Phi) is 3.60. The van der Waals surface area contributed by atoms with E-state index < -0.39 is 10.0 Å². The average molecular weight is 359 g/mol. The number of benzene rings is 2. The van der Waals surface area contributed by atoms with Gasteiger partial charge in [0.25, 0.3) is 0 Å². The van der Waals surface area contributed by atoms with Crippen LogP contribution in [-0.4, -0.2) is 13.4 Å². The van der Waals surface area contributed by atoms with Crippen LogP contribution < -0.4 is 5.14 Å². The van der Waals surface area contributed by atoms with Crippen molar-refractivity contribution in [2.45, 2.75) is 23.2 Å². The Morgan fingerprint density at radius 2 is 1.62 bits per heavy atom. The molecule has 6 heteroatoms. The molecule has 1 aliphatic carbocycles. The lowest BCUT2D eigenvalue weighted by atomic mass is 10.0. The summed E-state index contributed by atoms with van der Waals surface area (Å²) in [7, 11) is -3.64. The number of hydrogen-bond acceptors (Lipinski definition) is 3. The number of halogens is 1. The Hall–Kier alpha value is -1.95. The van der Waals surface area contributed by atoms with Gasteiger partial charge in [0.2, 0.25) is 10.0 Å². The Morgan fingerprint density at radius 1 is 0.958 bits per heavy atom. The summed E-state index contributed by atoms with van der Waals surface area (Å²) < 4.78 is 22.7. The van der Waals surface area contributed by atoms with Crippen molar-refractivity contribution in [3.8, 4) is 0 Å². The summed E-state index contributed by atoms with van der Waals surface area (Å²) >= 11 is 5.92. The van der Waals surface area contributed by atoms with Crippen molar-refractivity contribution in [1.29, 1.82) is 0 Å². The SMILES string of the molecule is NS(=O)(=O)c1ccc(C2CC2c2ccc3cc(Cl)ncc3c2)cc1. The lowest BCUT2D eigenvalue weighted by Gasteiger charge is -2.05. The molecule has 1 aromatic heterocycles. The molecule has 4 rings (SSSR count). The third kappa shape index (κ3) is 2.90. The number of nitrogens with zero attached hydrogens (tertiary/aromatic N) is 1. The van der Waals surface area contributed by atoms with Crippen LogP contribution in [0.1, 0.15) is 29.4 Å². The molecular weight excluding hydrogens is 344 g/mol. The Balaban J connectivity index is 1.59. The number of aromatic nitrogens is 1. The van der Waals surface area contributed by atoms with Crippen LogP contribution >= 0.6 is 11.6 Å². The van der Waals surface area contributed by atoms with Crippen LogP contribution in [0.5, 0.6) is 0 Å². The van der Waals surface area contributed by atoms with E-state index in [0.29, 0.717) is 17.0 Å². The topological polar surface area (TPSA) is 73.1 Å². The molecule has 0 radical (unpaired) electrons. The molecule has 0 bridgehead atoms. The third-order valence-electron chi connectivity index (χ3n) is 4.57. The van der Waals surface area contributed by atoms with Gasteiger partial charge in [0.15, 0.2) is 0 Å². The summed E-state index contributed by atoms with van der Waals surface area (Å²) in [6, 6.07) is 15.1. The van der Waals surface area contributed by atoms with E-state index in [4.69, 9.17) is 16.7 Å². The summed E-state index contributed by atoms with van der Waals surface area (Å²) in [4.78, 5) is 4.28. The molecule has 2 atom stereocenters. The number of fused-ring (bicyclic) bond motifs is 1. The first kappa shape index (κ1) is 15.6. The second-order valence-corrected chi connectivity index (χ2v) is 8.13. The molecular formula is C18H15ClN2O2S. The lowest BCUT2D eigenvalue weighted by Crippen LogP contribution is -2.11. The molecule has 24 heavy (non-hydrogen) atoms. The highest BCUT2D eigenvalue weighted by molar-refractivity contribution is 7.89. The molecule has 0 amide bonds. The maximum atomic E-state index is 11.3. The fourth-order valence-electron chi connectivity index (χ4n) is 3.20. The third-order valence-corrected chi connectivity index (χ3v) is 5.70. The van der Waals surface area contributed by atoms with Crippen LogP contribution in [0.2, 0.25) is 5.15 Å². The maximum Gasteiger partial charge on any atom is 0.238 e. The van der Waals surface area contributed by atoms with Crippen LogP contribution in [0.3, 0.4) is 0 Å². The first-order valence-electron chi connectivity index (χ1n) is 7.60. The zero-order valence-electron chi connectivity index (χ0n) is 12.7. The first-order valence-corrected chi connectivity index (χ1v) is 9.52. The second kappa shape index (κ2) is 5.55. The monoisotopic (exact) mass is 358 g/mol. The van der Waals surface area contributed by atoms with E-state index in [1.807, 2.05) is 18.2 Å². The fourth-order valence-corrected chi connectivity index (χ4v) is 3.88. The van der Waals surface area contributed by atoms with Crippen molar-refractivity contribution < 1.29 is 8.42 Å². The normalized spacial score (nSPS) is 20.2. The Morgan fingerprint density at radius 3 is 2.33 bits per heavy atom. The van der Waals surface area contributed by atoms with Crippen molar-refractivity contribution in [3.63, 3.8) is 0 Å². The number of sulfonamides is 1. The predicted octanol–water partition coefficient (Wildman–Crippen LogP) is 3.81. The smallest absolute Gasteiger partial charge is 0.238 e. The van der Waals surface area contributed by atoms with Crippen LogP contribution in [-0.2, 0) is 10.0 Å². The molecule has 1 heterocycles. The number of rotatable bonds is 3. The van der Waals surface area contributed by atoms with Crippen LogP contribution in [0.25, 0.3) is 10.8 Å². The highest BCUT2D eigenvalue weighted by atomic mass is 35.5. The van der Waals surface area contributed by atoms with E-state index in [-0.39, 0.29) is 4.90 Å². The average Bonchev–Trinajstić information content (AvgIpc) is 3.34. The molecule has 1 saturated carbocycles. The highest BCUT2D eigenvalue weighted by Gasteiger charge is 2.39. The van der Waals surface area contributed by atoms with Gasteiger partial charge < -0.3 is 0 Å². The lowest BCUT2D eigenvalue weighted by molar-refractivity contribution is 0.598. The van der Waals surface area contributed by atoms with Gasteiger partial charge in [-0.2, -0.15) is 0 Å². The van der Waals surface area contributed by atoms with Gasteiger partial charge in [0.05, 0.1) is 4.90 Å². The minimum Gasteiger partial charge on any atom is -0.244 e. The zero-order chi connectivity index (χ0) is 16.9. The van der Waals surface area contributed by atoms with Gasteiger partial charge in [0, 0.05) is 11.6 Å². The van der Waals surface area contributed by atoms with Gasteiger partial charge in [-0.15, -0.1) is 0 Å². The van der Waals surface area contributed by atoms with Crippen molar-refractivity contribution >= 4 is 32.4 Å². The quantitative estimate of drug-likeness (QED) is 0.723. The van der Waals surface area contributed by atoms with Crippen LogP contribution in [0, 0.1) is 0 Å². The fraction of sp³-hybridized carbons (Fsp3) is 0.167. The predicted molar refractivity (Wildman–Crippen MR) is 94.7 cm³/mol. The van der Waals surface area contributed by atoms with Gasteiger partial charge in [-0.25, -0.2) is 18.5 Å². The molecule has 3 aromatic rings. The van der Waals surface area contributed by atoms with Gasteiger partial charge in [-0.05, 0) is 59.0 Å². The van der Waals surface area contributed by atoms with E-state index >= 15 is 0 Å². The molecule has 1 fully saturated rings. The zero-order valence-corrected chi connectivity index (χ0v) is 14.3. The van der Waals surface area contributed by atoms with Crippen LogP contribution in [0.15, 0.2) is 59.6 Å². The van der Waals surface area contributed by atoms with E-state index in [1.165, 1.54) is 5.56 Å². The molecule has 4 nitrogen and oxygen atoms in total. The Labute approximate surface area is 145 Å². The molecule has 2 unspecified atom stereocenters. The summed E-state index contributed by atoms with van der Waals surface area (Å²) in [5, 5.41) is 7.79. The van der Waals surface area contributed by atoms with Crippen molar-refractivity contribution in [3.05, 3.63) is 71.0 Å². The van der Waals surface area contributed by atoms with Crippen molar-refractivity contribution in [1.82, 2.24) is 4.98 Å². The van der Waals surface area contributed by atoms with E-state index in [0.717, 1.165) is 22.8 Å². The number of hydrogen-bond donors (Lipinski definition) is 1. The summed E-state index contributed by atoms with van der Waals surface area (Å²) in [6.45, 7) is 0. The van der Waals surface area contributed by atoms with Gasteiger partial charge in [-0.1, -0.05) is 35.9 Å². The maximum absolute atomic E-state index is 11.3. The standard InChI is InChI=1S/C18H15ClN2O2S/c19-18-8-12-1-2-13(7-14(12)10-21-18)17-9-16(17)11-3-5-15(6-4-11)24(20,22)23/h1-8,10,16-17H,9H2,(H2,20,22,23). The number of primary sulfonamides is 1. The summed E-state index contributed by atoms with van der Waals surface area (Å²) in [5.74, 6) is 0.864. The molecule has 0 saturated heterocycles. The molecule has 1 aliphatic rings. The summed E-state index contributed by atoms with van der Waals surface area (Å²) in [5.41, 5.74) is 2.41. The first-order chi connectivity index (χ1) is 11.4. The minimum absolute atomic E-state index is 0.150. The Bertz CT molecular complexity index is 1030. The molecule has 0 aliphatic heterocycles. The van der Waals surface area contributed by atoms with Gasteiger partial charge >= 0.3 is 0 Å².